The summed E-state index contributed by atoms with van der Waals surface area (Å²) in [6.07, 6.45) is 3.91. The smallest absolute Gasteiger partial charge is 0.0834 e. The van der Waals surface area contributed by atoms with E-state index in [9.17, 15) is 0 Å². The number of aromatic nitrogens is 2. The van der Waals surface area contributed by atoms with Gasteiger partial charge in [-0.05, 0) is 39.0 Å². The molecular weight excluding hydrogens is 260 g/mol. The van der Waals surface area contributed by atoms with Gasteiger partial charge in [0.2, 0.25) is 0 Å². The maximum atomic E-state index is 6.26. The van der Waals surface area contributed by atoms with Crippen LogP contribution in [0.4, 0.5) is 0 Å². The van der Waals surface area contributed by atoms with Gasteiger partial charge in [0, 0.05) is 7.05 Å². The van der Waals surface area contributed by atoms with Crippen molar-refractivity contribution in [2.75, 3.05) is 26.2 Å². The highest BCUT2D eigenvalue weighted by molar-refractivity contribution is 6.31. The van der Waals surface area contributed by atoms with Gasteiger partial charge in [0.05, 0.1) is 23.0 Å². The van der Waals surface area contributed by atoms with E-state index in [1.54, 1.807) is 6.20 Å². The molecule has 0 aromatic carbocycles. The van der Waals surface area contributed by atoms with E-state index in [0.717, 1.165) is 49.7 Å². The summed E-state index contributed by atoms with van der Waals surface area (Å²) in [5.41, 5.74) is 1.10. The van der Waals surface area contributed by atoms with E-state index >= 15 is 0 Å². The van der Waals surface area contributed by atoms with Crippen molar-refractivity contribution >= 4 is 11.6 Å². The van der Waals surface area contributed by atoms with Crippen LogP contribution in [0.3, 0.4) is 0 Å². The standard InChI is InChI=1S/C14H27ClN4/c1-5-9-16-13(8-10-19(6-2)7-3)14-12(15)11-17-18(14)4/h11,13,16H,5-10H2,1-4H3. The van der Waals surface area contributed by atoms with Gasteiger partial charge in [-0.3, -0.25) is 4.68 Å². The summed E-state index contributed by atoms with van der Waals surface area (Å²) in [5, 5.41) is 8.59. The third kappa shape index (κ3) is 4.79. The third-order valence-corrected chi connectivity index (χ3v) is 3.83. The number of nitrogens with one attached hydrogen (secondary N) is 1. The Balaban J connectivity index is 2.72. The molecule has 0 spiro atoms. The van der Waals surface area contributed by atoms with Crippen LogP contribution in [-0.4, -0.2) is 40.9 Å². The second-order valence-electron chi connectivity index (χ2n) is 4.82. The van der Waals surface area contributed by atoms with E-state index < -0.39 is 0 Å². The molecule has 0 saturated carbocycles. The summed E-state index contributed by atoms with van der Waals surface area (Å²) >= 11 is 6.26. The van der Waals surface area contributed by atoms with Gasteiger partial charge >= 0.3 is 0 Å². The summed E-state index contributed by atoms with van der Waals surface area (Å²) in [6, 6.07) is 0.278. The molecule has 0 saturated heterocycles. The van der Waals surface area contributed by atoms with Gasteiger partial charge in [-0.1, -0.05) is 32.4 Å². The van der Waals surface area contributed by atoms with Crippen LogP contribution in [0.25, 0.3) is 0 Å². The Labute approximate surface area is 122 Å². The second kappa shape index (κ2) is 8.56. The fourth-order valence-electron chi connectivity index (χ4n) is 2.32. The van der Waals surface area contributed by atoms with E-state index in [4.69, 9.17) is 11.6 Å². The van der Waals surface area contributed by atoms with Gasteiger partial charge in [-0.2, -0.15) is 5.10 Å². The van der Waals surface area contributed by atoms with Crippen LogP contribution in [0.15, 0.2) is 6.20 Å². The van der Waals surface area contributed by atoms with Crippen LogP contribution in [0, 0.1) is 0 Å². The van der Waals surface area contributed by atoms with Crippen molar-refractivity contribution in [3.63, 3.8) is 0 Å². The summed E-state index contributed by atoms with van der Waals surface area (Å²) < 4.78 is 1.89. The van der Waals surface area contributed by atoms with Gasteiger partial charge in [0.15, 0.2) is 0 Å². The Morgan fingerprint density at radius 2 is 2.05 bits per heavy atom. The molecule has 0 fully saturated rings. The molecule has 4 nitrogen and oxygen atoms in total. The molecule has 0 aliphatic heterocycles. The van der Waals surface area contributed by atoms with Crippen molar-refractivity contribution < 1.29 is 0 Å². The van der Waals surface area contributed by atoms with Crippen molar-refractivity contribution in [1.82, 2.24) is 20.0 Å². The minimum Gasteiger partial charge on any atom is -0.309 e. The molecule has 1 aromatic heterocycles. The first-order valence-electron chi connectivity index (χ1n) is 7.27. The molecule has 0 aliphatic carbocycles. The Morgan fingerprint density at radius 3 is 2.53 bits per heavy atom. The van der Waals surface area contributed by atoms with Gasteiger partial charge in [-0.25, -0.2) is 0 Å². The van der Waals surface area contributed by atoms with Crippen LogP contribution >= 0.6 is 11.6 Å². The molecule has 110 valence electrons. The summed E-state index contributed by atoms with van der Waals surface area (Å²) in [5.74, 6) is 0. The Hall–Kier alpha value is -0.580. The molecule has 5 heteroatoms. The van der Waals surface area contributed by atoms with E-state index in [2.05, 4.69) is 36.1 Å². The topological polar surface area (TPSA) is 33.1 Å². The fourth-order valence-corrected chi connectivity index (χ4v) is 2.62. The van der Waals surface area contributed by atoms with Crippen molar-refractivity contribution in [3.05, 3.63) is 16.9 Å². The third-order valence-electron chi connectivity index (χ3n) is 3.54. The van der Waals surface area contributed by atoms with Crippen molar-refractivity contribution in [2.45, 2.75) is 39.7 Å². The molecule has 1 rings (SSSR count). The lowest BCUT2D eigenvalue weighted by molar-refractivity contribution is 0.279. The van der Waals surface area contributed by atoms with Crippen LogP contribution in [0.5, 0.6) is 0 Å². The van der Waals surface area contributed by atoms with Crippen LogP contribution in [0.2, 0.25) is 5.02 Å². The quantitative estimate of drug-likeness (QED) is 0.758. The van der Waals surface area contributed by atoms with Gasteiger partial charge in [0.25, 0.3) is 0 Å². The highest BCUT2D eigenvalue weighted by atomic mass is 35.5. The molecule has 1 aromatic rings. The average molecular weight is 287 g/mol. The van der Waals surface area contributed by atoms with Crippen LogP contribution in [-0.2, 0) is 7.05 Å². The zero-order chi connectivity index (χ0) is 14.3. The van der Waals surface area contributed by atoms with Gasteiger partial charge in [0.1, 0.15) is 0 Å². The van der Waals surface area contributed by atoms with Gasteiger partial charge in [-0.15, -0.1) is 0 Å². The van der Waals surface area contributed by atoms with Crippen LogP contribution < -0.4 is 5.32 Å². The van der Waals surface area contributed by atoms with Crippen molar-refractivity contribution in [3.8, 4) is 0 Å². The molecule has 0 aliphatic rings. The fraction of sp³-hybridized carbons (Fsp3) is 0.786. The Kier molecular flexibility index (Phi) is 7.42. The maximum absolute atomic E-state index is 6.26. The minimum atomic E-state index is 0.278. The monoisotopic (exact) mass is 286 g/mol. The molecule has 1 heterocycles. The van der Waals surface area contributed by atoms with E-state index in [0.29, 0.717) is 0 Å². The number of rotatable bonds is 9. The number of hydrogen-bond acceptors (Lipinski definition) is 3. The maximum Gasteiger partial charge on any atom is 0.0834 e. The normalized spacial score (nSPS) is 13.2. The summed E-state index contributed by atoms with van der Waals surface area (Å²) in [4.78, 5) is 2.44. The van der Waals surface area contributed by atoms with E-state index in [1.807, 2.05) is 11.7 Å². The molecule has 0 radical (unpaired) electrons. The predicted molar refractivity (Wildman–Crippen MR) is 81.7 cm³/mol. The lowest BCUT2D eigenvalue weighted by Gasteiger charge is -2.24. The molecule has 19 heavy (non-hydrogen) atoms. The molecule has 0 bridgehead atoms. The lowest BCUT2D eigenvalue weighted by atomic mass is 10.1. The molecule has 0 amide bonds. The number of nitrogens with zero attached hydrogens (tertiary/aromatic N) is 3. The number of aryl methyl sites for hydroxylation is 1. The SMILES string of the molecule is CCCNC(CCN(CC)CC)c1c(Cl)cnn1C. The predicted octanol–water partition coefficient (Wildman–Crippen LogP) is 2.85. The molecule has 1 N–H and O–H groups in total. The highest BCUT2D eigenvalue weighted by Gasteiger charge is 2.19. The Morgan fingerprint density at radius 1 is 1.37 bits per heavy atom. The average Bonchev–Trinajstić information content (AvgIpc) is 2.74. The van der Waals surface area contributed by atoms with Crippen molar-refractivity contribution in [2.24, 2.45) is 7.05 Å². The number of hydrogen-bond donors (Lipinski definition) is 1. The molecule has 1 unspecified atom stereocenters. The molecule has 1 atom stereocenters. The van der Waals surface area contributed by atoms with Crippen LogP contribution in [0.1, 0.15) is 45.3 Å². The summed E-state index contributed by atoms with van der Waals surface area (Å²) in [6.45, 7) is 10.9. The van der Waals surface area contributed by atoms with Gasteiger partial charge < -0.3 is 10.2 Å². The summed E-state index contributed by atoms with van der Waals surface area (Å²) in [7, 11) is 1.96. The second-order valence-corrected chi connectivity index (χ2v) is 5.23. The number of halogens is 1. The largest absolute Gasteiger partial charge is 0.309 e. The van der Waals surface area contributed by atoms with E-state index in [-0.39, 0.29) is 6.04 Å². The highest BCUT2D eigenvalue weighted by Crippen LogP contribution is 2.24. The first-order valence-corrected chi connectivity index (χ1v) is 7.64. The Bertz CT molecular complexity index is 341. The molecular formula is C14H27ClN4. The zero-order valence-electron chi connectivity index (χ0n) is 12.6. The van der Waals surface area contributed by atoms with Crippen molar-refractivity contribution in [1.29, 1.82) is 0 Å². The minimum absolute atomic E-state index is 0.278. The lowest BCUT2D eigenvalue weighted by Crippen LogP contribution is -2.31. The first kappa shape index (κ1) is 16.5. The van der Waals surface area contributed by atoms with E-state index in [1.165, 1.54) is 0 Å². The first-order chi connectivity index (χ1) is 9.13. The zero-order valence-corrected chi connectivity index (χ0v) is 13.4.